The molecule has 10 heteroatoms. The van der Waals surface area contributed by atoms with Crippen LogP contribution in [0.4, 0.5) is 8.78 Å². The van der Waals surface area contributed by atoms with Crippen LogP contribution in [-0.4, -0.2) is 43.0 Å². The van der Waals surface area contributed by atoms with Gasteiger partial charge in [-0.3, -0.25) is 0 Å². The van der Waals surface area contributed by atoms with E-state index < -0.39 is 16.4 Å². The highest BCUT2D eigenvalue weighted by atomic mass is 32.2. The summed E-state index contributed by atoms with van der Waals surface area (Å²) in [6.07, 6.45) is 1.15. The highest BCUT2D eigenvalue weighted by Crippen LogP contribution is 2.25. The number of sulfone groups is 1. The predicted octanol–water partition coefficient (Wildman–Crippen LogP) is 2.47. The van der Waals surface area contributed by atoms with Crippen molar-refractivity contribution in [2.75, 3.05) is 17.8 Å². The minimum absolute atomic E-state index is 0.00897. The molecule has 0 bridgehead atoms. The third-order valence-corrected chi connectivity index (χ3v) is 4.44. The van der Waals surface area contributed by atoms with Crippen LogP contribution in [0.2, 0.25) is 0 Å². The van der Waals surface area contributed by atoms with Gasteiger partial charge < -0.3 is 9.15 Å². The van der Waals surface area contributed by atoms with Crippen LogP contribution in [0.1, 0.15) is 0 Å². The molecule has 0 aliphatic heterocycles. The molecule has 0 saturated heterocycles. The Morgan fingerprint density at radius 2 is 1.95 bits per heavy atom. The van der Waals surface area contributed by atoms with Crippen molar-refractivity contribution in [3.8, 4) is 17.2 Å². The van der Waals surface area contributed by atoms with Crippen LogP contribution < -0.4 is 4.74 Å². The Hall–Kier alpha value is -1.68. The number of alkyl halides is 2. The van der Waals surface area contributed by atoms with E-state index in [1.165, 1.54) is 24.3 Å². The Morgan fingerprint density at radius 3 is 2.55 bits per heavy atom. The first kappa shape index (κ1) is 16.7. The van der Waals surface area contributed by atoms with Gasteiger partial charge in [-0.2, -0.15) is 8.78 Å². The second kappa shape index (κ2) is 7.05. The number of benzene rings is 1. The lowest BCUT2D eigenvalue weighted by Gasteiger charge is -2.03. The molecule has 0 saturated carbocycles. The van der Waals surface area contributed by atoms with E-state index in [-0.39, 0.29) is 22.6 Å². The quantitative estimate of drug-likeness (QED) is 0.709. The van der Waals surface area contributed by atoms with Crippen molar-refractivity contribution in [3.63, 3.8) is 0 Å². The van der Waals surface area contributed by atoms with Crippen molar-refractivity contribution < 1.29 is 26.4 Å². The van der Waals surface area contributed by atoms with Crippen molar-refractivity contribution in [1.29, 1.82) is 0 Å². The molecule has 0 N–H and O–H groups in total. The maximum atomic E-state index is 12.0. The summed E-state index contributed by atoms with van der Waals surface area (Å²) in [6.45, 7) is -2.88. The molecule has 0 atom stereocenters. The summed E-state index contributed by atoms with van der Waals surface area (Å²) < 4.78 is 55.7. The summed E-state index contributed by atoms with van der Waals surface area (Å²) in [5.74, 6) is 0.558. The van der Waals surface area contributed by atoms with Crippen molar-refractivity contribution in [1.82, 2.24) is 10.2 Å². The lowest BCUT2D eigenvalue weighted by Crippen LogP contribution is -2.04. The molecule has 1 heterocycles. The third kappa shape index (κ3) is 5.26. The zero-order valence-electron chi connectivity index (χ0n) is 11.4. The molecule has 0 radical (unpaired) electrons. The number of halogens is 2. The minimum Gasteiger partial charge on any atom is -0.435 e. The molecular weight excluding hydrogens is 338 g/mol. The average molecular weight is 350 g/mol. The van der Waals surface area contributed by atoms with E-state index in [1.54, 1.807) is 0 Å². The van der Waals surface area contributed by atoms with Gasteiger partial charge >= 0.3 is 6.61 Å². The van der Waals surface area contributed by atoms with E-state index >= 15 is 0 Å². The highest BCUT2D eigenvalue weighted by molar-refractivity contribution is 8.00. The summed E-state index contributed by atoms with van der Waals surface area (Å²) in [4.78, 5) is 0. The van der Waals surface area contributed by atoms with Gasteiger partial charge in [0.05, 0.1) is 5.75 Å². The fraction of sp³-hybridized carbons (Fsp3) is 0.333. The van der Waals surface area contributed by atoms with E-state index in [9.17, 15) is 17.2 Å². The van der Waals surface area contributed by atoms with Crippen LogP contribution in [0.15, 0.2) is 33.9 Å². The number of hydrogen-bond donors (Lipinski definition) is 0. The molecule has 0 unspecified atom stereocenters. The van der Waals surface area contributed by atoms with E-state index in [0.29, 0.717) is 11.3 Å². The van der Waals surface area contributed by atoms with Gasteiger partial charge in [-0.05, 0) is 24.3 Å². The fourth-order valence-electron chi connectivity index (χ4n) is 1.44. The maximum absolute atomic E-state index is 12.0. The van der Waals surface area contributed by atoms with E-state index in [1.807, 2.05) is 0 Å². The number of aromatic nitrogens is 2. The smallest absolute Gasteiger partial charge is 0.387 e. The predicted molar refractivity (Wildman–Crippen MR) is 76.8 cm³/mol. The van der Waals surface area contributed by atoms with Gasteiger partial charge in [-0.25, -0.2) is 8.42 Å². The van der Waals surface area contributed by atoms with Gasteiger partial charge in [0.2, 0.25) is 5.89 Å². The third-order valence-electron chi connectivity index (χ3n) is 2.41. The number of thioether (sulfide) groups is 1. The first-order chi connectivity index (χ1) is 10.3. The normalized spacial score (nSPS) is 11.8. The molecule has 0 aliphatic carbocycles. The molecule has 22 heavy (non-hydrogen) atoms. The molecule has 0 amide bonds. The van der Waals surface area contributed by atoms with Crippen molar-refractivity contribution in [2.45, 2.75) is 11.8 Å². The number of nitrogens with zero attached hydrogens (tertiary/aromatic N) is 2. The Kier molecular flexibility index (Phi) is 5.35. The number of ether oxygens (including phenoxy) is 1. The van der Waals surface area contributed by atoms with Gasteiger partial charge in [0.1, 0.15) is 15.6 Å². The Labute approximate surface area is 129 Å². The zero-order chi connectivity index (χ0) is 16.2. The topological polar surface area (TPSA) is 82.3 Å². The molecule has 0 spiro atoms. The molecule has 2 rings (SSSR count). The summed E-state index contributed by atoms with van der Waals surface area (Å²) in [5, 5.41) is 7.84. The van der Waals surface area contributed by atoms with Crippen molar-refractivity contribution in [3.05, 3.63) is 24.3 Å². The first-order valence-corrected chi connectivity index (χ1v) is 9.07. The SMILES string of the molecule is CS(=O)(=O)CCSc1nnc(-c2ccc(OC(F)F)cc2)o1. The van der Waals surface area contributed by atoms with E-state index in [2.05, 4.69) is 14.9 Å². The van der Waals surface area contributed by atoms with Gasteiger partial charge in [0.25, 0.3) is 5.22 Å². The van der Waals surface area contributed by atoms with Crippen LogP contribution in [0.5, 0.6) is 5.75 Å². The van der Waals surface area contributed by atoms with Gasteiger partial charge in [-0.15, -0.1) is 10.2 Å². The average Bonchev–Trinajstić information content (AvgIpc) is 2.86. The Balaban J connectivity index is 1.98. The van der Waals surface area contributed by atoms with Crippen molar-refractivity contribution in [2.24, 2.45) is 0 Å². The van der Waals surface area contributed by atoms with Crippen LogP contribution in [0.25, 0.3) is 11.5 Å². The summed E-state index contributed by atoms with van der Waals surface area (Å²) in [7, 11) is -3.04. The number of rotatable bonds is 7. The largest absolute Gasteiger partial charge is 0.435 e. The van der Waals surface area contributed by atoms with Gasteiger partial charge in [0.15, 0.2) is 0 Å². The van der Waals surface area contributed by atoms with Crippen molar-refractivity contribution >= 4 is 21.6 Å². The molecule has 120 valence electrons. The summed E-state index contributed by atoms with van der Waals surface area (Å²) in [5.41, 5.74) is 0.545. The van der Waals surface area contributed by atoms with Crippen LogP contribution in [0.3, 0.4) is 0 Å². The molecule has 0 aliphatic rings. The van der Waals surface area contributed by atoms with E-state index in [0.717, 1.165) is 18.0 Å². The minimum atomic E-state index is -3.04. The maximum Gasteiger partial charge on any atom is 0.387 e. The summed E-state index contributed by atoms with van der Waals surface area (Å²) in [6, 6.07) is 5.75. The van der Waals surface area contributed by atoms with Crippen LogP contribution >= 0.6 is 11.8 Å². The Bertz CT molecular complexity index is 717. The molecule has 1 aromatic heterocycles. The highest BCUT2D eigenvalue weighted by Gasteiger charge is 2.11. The molecular formula is C12H12F2N2O4S2. The van der Waals surface area contributed by atoms with Crippen LogP contribution in [-0.2, 0) is 9.84 Å². The van der Waals surface area contributed by atoms with Crippen LogP contribution in [0, 0.1) is 0 Å². The molecule has 1 aromatic carbocycles. The molecule has 0 fully saturated rings. The lowest BCUT2D eigenvalue weighted by atomic mass is 10.2. The van der Waals surface area contributed by atoms with Gasteiger partial charge in [-0.1, -0.05) is 11.8 Å². The Morgan fingerprint density at radius 1 is 1.27 bits per heavy atom. The summed E-state index contributed by atoms with van der Waals surface area (Å²) >= 11 is 1.13. The van der Waals surface area contributed by atoms with Gasteiger partial charge in [0, 0.05) is 17.6 Å². The monoisotopic (exact) mass is 350 g/mol. The second-order valence-corrected chi connectivity index (χ2v) is 7.56. The second-order valence-electron chi connectivity index (χ2n) is 4.25. The first-order valence-electron chi connectivity index (χ1n) is 6.03. The number of hydrogen-bond acceptors (Lipinski definition) is 7. The lowest BCUT2D eigenvalue weighted by molar-refractivity contribution is -0.0498. The standard InChI is InChI=1S/C12H12F2N2O4S2/c1-22(17,18)7-6-21-12-16-15-10(20-12)8-2-4-9(5-3-8)19-11(13)14/h2-5,11H,6-7H2,1H3. The molecule has 2 aromatic rings. The zero-order valence-corrected chi connectivity index (χ0v) is 13.0. The fourth-order valence-corrected chi connectivity index (χ4v) is 3.40. The van der Waals surface area contributed by atoms with E-state index in [4.69, 9.17) is 4.42 Å². The molecule has 6 nitrogen and oxygen atoms in total.